The maximum atomic E-state index is 12.7. The predicted molar refractivity (Wildman–Crippen MR) is 71.3 cm³/mol. The van der Waals surface area contributed by atoms with Crippen LogP contribution in [0.1, 0.15) is 31.4 Å². The van der Waals surface area contributed by atoms with Gasteiger partial charge in [0.15, 0.2) is 11.5 Å². The van der Waals surface area contributed by atoms with Crippen LogP contribution in [0.15, 0.2) is 18.2 Å². The van der Waals surface area contributed by atoms with Crippen molar-refractivity contribution >= 4 is 0 Å². The van der Waals surface area contributed by atoms with Gasteiger partial charge in [0.1, 0.15) is 0 Å². The Morgan fingerprint density at radius 1 is 1.15 bits per heavy atom. The third-order valence-corrected chi connectivity index (χ3v) is 2.89. The Morgan fingerprint density at radius 3 is 2.30 bits per heavy atom. The summed E-state index contributed by atoms with van der Waals surface area (Å²) in [6.45, 7) is 2.43. The predicted octanol–water partition coefficient (Wildman–Crippen LogP) is 3.70. The lowest BCUT2D eigenvalue weighted by molar-refractivity contribution is -0.140. The lowest BCUT2D eigenvalue weighted by Crippen LogP contribution is -2.27. The van der Waals surface area contributed by atoms with Crippen LogP contribution in [0.4, 0.5) is 13.2 Å². The maximum Gasteiger partial charge on any atom is 0.390 e. The number of halogens is 3. The summed E-state index contributed by atoms with van der Waals surface area (Å²) in [6.07, 6.45) is -4.37. The normalized spacial score (nSPS) is 13.1. The van der Waals surface area contributed by atoms with E-state index in [1.165, 1.54) is 14.2 Å². The van der Waals surface area contributed by atoms with Gasteiger partial charge in [-0.3, -0.25) is 0 Å². The Labute approximate surface area is 117 Å². The summed E-state index contributed by atoms with van der Waals surface area (Å²) >= 11 is 0. The third kappa shape index (κ3) is 4.92. The number of rotatable bonds is 7. The van der Waals surface area contributed by atoms with Crippen molar-refractivity contribution < 1.29 is 22.6 Å². The summed E-state index contributed by atoms with van der Waals surface area (Å²) in [5, 5.41) is 2.91. The molecule has 20 heavy (non-hydrogen) atoms. The van der Waals surface area contributed by atoms with Crippen molar-refractivity contribution in [1.82, 2.24) is 5.32 Å². The van der Waals surface area contributed by atoms with Gasteiger partial charge in [0.25, 0.3) is 0 Å². The minimum absolute atomic E-state index is 0.426. The molecule has 1 aromatic rings. The van der Waals surface area contributed by atoms with E-state index in [1.54, 1.807) is 18.2 Å². The van der Waals surface area contributed by atoms with Crippen molar-refractivity contribution in [2.75, 3.05) is 20.8 Å². The first-order valence-corrected chi connectivity index (χ1v) is 6.43. The first kappa shape index (κ1) is 16.6. The highest BCUT2D eigenvalue weighted by Gasteiger charge is 2.32. The monoisotopic (exact) mass is 291 g/mol. The SMILES string of the molecule is CCCNC(CC(F)(F)F)c1ccc(OC)c(OC)c1. The Bertz CT molecular complexity index is 421. The standard InChI is InChI=1S/C14H20F3NO2/c1-4-7-18-11(9-14(15,16)17)10-5-6-12(19-2)13(8-10)20-3/h5-6,8,11,18H,4,7,9H2,1-3H3. The van der Waals surface area contributed by atoms with Crippen molar-refractivity contribution in [2.45, 2.75) is 32.0 Å². The molecule has 0 aromatic heterocycles. The summed E-state index contributed by atoms with van der Waals surface area (Å²) in [5.74, 6) is 0.924. The number of ether oxygens (including phenoxy) is 2. The fourth-order valence-corrected chi connectivity index (χ4v) is 1.93. The highest BCUT2D eigenvalue weighted by atomic mass is 19.4. The molecule has 0 heterocycles. The summed E-state index contributed by atoms with van der Waals surface area (Å²) < 4.78 is 48.2. The van der Waals surface area contributed by atoms with E-state index in [1.807, 2.05) is 6.92 Å². The minimum Gasteiger partial charge on any atom is -0.493 e. The van der Waals surface area contributed by atoms with Crippen LogP contribution in [0.3, 0.4) is 0 Å². The lowest BCUT2D eigenvalue weighted by Gasteiger charge is -2.21. The molecule has 1 atom stereocenters. The van der Waals surface area contributed by atoms with Crippen molar-refractivity contribution in [1.29, 1.82) is 0 Å². The molecule has 0 saturated carbocycles. The number of hydrogen-bond acceptors (Lipinski definition) is 3. The first-order chi connectivity index (χ1) is 9.41. The van der Waals surface area contributed by atoms with E-state index in [-0.39, 0.29) is 0 Å². The summed E-state index contributed by atoms with van der Waals surface area (Å²) in [6, 6.07) is 4.04. The van der Waals surface area contributed by atoms with E-state index in [0.29, 0.717) is 23.6 Å². The largest absolute Gasteiger partial charge is 0.493 e. The molecule has 3 nitrogen and oxygen atoms in total. The summed E-state index contributed by atoms with van der Waals surface area (Å²) in [7, 11) is 2.94. The topological polar surface area (TPSA) is 30.5 Å². The van der Waals surface area contributed by atoms with Gasteiger partial charge in [-0.25, -0.2) is 0 Å². The molecule has 1 aromatic carbocycles. The Kier molecular flexibility index (Phi) is 6.13. The van der Waals surface area contributed by atoms with Gasteiger partial charge in [-0.1, -0.05) is 13.0 Å². The molecule has 1 unspecified atom stereocenters. The first-order valence-electron chi connectivity index (χ1n) is 6.43. The molecule has 0 saturated heterocycles. The molecular formula is C14H20F3NO2. The molecule has 0 fully saturated rings. The molecule has 114 valence electrons. The van der Waals surface area contributed by atoms with Crippen LogP contribution < -0.4 is 14.8 Å². The molecule has 0 aliphatic heterocycles. The van der Waals surface area contributed by atoms with Gasteiger partial charge >= 0.3 is 6.18 Å². The van der Waals surface area contributed by atoms with E-state index < -0.39 is 18.6 Å². The summed E-state index contributed by atoms with van der Waals surface area (Å²) in [5.41, 5.74) is 0.536. The van der Waals surface area contributed by atoms with Crippen molar-refractivity contribution in [3.8, 4) is 11.5 Å². The second kappa shape index (κ2) is 7.38. The zero-order chi connectivity index (χ0) is 15.2. The van der Waals surface area contributed by atoms with Crippen LogP contribution in [0, 0.1) is 0 Å². The zero-order valence-corrected chi connectivity index (χ0v) is 11.9. The van der Waals surface area contributed by atoms with Crippen LogP contribution in [0.5, 0.6) is 11.5 Å². The van der Waals surface area contributed by atoms with Gasteiger partial charge in [0.2, 0.25) is 0 Å². The molecule has 1 N–H and O–H groups in total. The number of methoxy groups -OCH3 is 2. The number of benzene rings is 1. The van der Waals surface area contributed by atoms with Crippen LogP contribution in [0.25, 0.3) is 0 Å². The second-order valence-corrected chi connectivity index (χ2v) is 4.44. The molecule has 0 aliphatic rings. The third-order valence-electron chi connectivity index (χ3n) is 2.89. The number of nitrogens with one attached hydrogen (secondary N) is 1. The molecule has 6 heteroatoms. The van der Waals surface area contributed by atoms with Crippen molar-refractivity contribution in [2.24, 2.45) is 0 Å². The van der Waals surface area contributed by atoms with Crippen molar-refractivity contribution in [3.63, 3.8) is 0 Å². The van der Waals surface area contributed by atoms with E-state index in [0.717, 1.165) is 6.42 Å². The average Bonchev–Trinajstić information content (AvgIpc) is 2.41. The van der Waals surface area contributed by atoms with Gasteiger partial charge in [-0.2, -0.15) is 13.2 Å². The Hall–Kier alpha value is -1.43. The second-order valence-electron chi connectivity index (χ2n) is 4.44. The van der Waals surface area contributed by atoms with Gasteiger partial charge in [-0.15, -0.1) is 0 Å². The molecule has 0 bridgehead atoms. The summed E-state index contributed by atoms with van der Waals surface area (Å²) in [4.78, 5) is 0. The highest BCUT2D eigenvalue weighted by Crippen LogP contribution is 2.34. The minimum atomic E-state index is -4.22. The van der Waals surface area contributed by atoms with Crippen LogP contribution in [-0.2, 0) is 0 Å². The number of hydrogen-bond donors (Lipinski definition) is 1. The molecule has 1 rings (SSSR count). The van der Waals surface area contributed by atoms with Gasteiger partial charge in [-0.05, 0) is 30.7 Å². The Balaban J connectivity index is 3.00. The van der Waals surface area contributed by atoms with Gasteiger partial charge in [0.05, 0.1) is 20.6 Å². The average molecular weight is 291 g/mol. The Morgan fingerprint density at radius 2 is 1.80 bits per heavy atom. The fraction of sp³-hybridized carbons (Fsp3) is 0.571. The van der Waals surface area contributed by atoms with E-state index in [2.05, 4.69) is 5.32 Å². The maximum absolute atomic E-state index is 12.7. The van der Waals surface area contributed by atoms with Gasteiger partial charge in [0, 0.05) is 6.04 Å². The van der Waals surface area contributed by atoms with E-state index >= 15 is 0 Å². The quantitative estimate of drug-likeness (QED) is 0.831. The number of alkyl halides is 3. The van der Waals surface area contributed by atoms with E-state index in [4.69, 9.17) is 9.47 Å². The van der Waals surface area contributed by atoms with Gasteiger partial charge < -0.3 is 14.8 Å². The highest BCUT2D eigenvalue weighted by molar-refractivity contribution is 5.43. The van der Waals surface area contributed by atoms with Crippen LogP contribution >= 0.6 is 0 Å². The molecule has 0 aliphatic carbocycles. The molecular weight excluding hydrogens is 271 g/mol. The van der Waals surface area contributed by atoms with E-state index in [9.17, 15) is 13.2 Å². The lowest BCUT2D eigenvalue weighted by atomic mass is 10.0. The fourth-order valence-electron chi connectivity index (χ4n) is 1.93. The smallest absolute Gasteiger partial charge is 0.390 e. The van der Waals surface area contributed by atoms with Crippen LogP contribution in [0.2, 0.25) is 0 Å². The molecule has 0 amide bonds. The molecule has 0 radical (unpaired) electrons. The molecule has 0 spiro atoms. The zero-order valence-electron chi connectivity index (χ0n) is 11.9. The van der Waals surface area contributed by atoms with Crippen LogP contribution in [-0.4, -0.2) is 26.9 Å². The van der Waals surface area contributed by atoms with Crippen molar-refractivity contribution in [3.05, 3.63) is 23.8 Å².